The highest BCUT2D eigenvalue weighted by atomic mass is 127. The maximum atomic E-state index is 12.1. The molecule has 33 heavy (non-hydrogen) atoms. The average Bonchev–Trinajstić information content (AvgIpc) is 3.37. The van der Waals surface area contributed by atoms with Crippen molar-refractivity contribution in [3.63, 3.8) is 0 Å². The fourth-order valence-corrected chi connectivity index (χ4v) is 3.22. The molecule has 0 fully saturated rings. The van der Waals surface area contributed by atoms with Crippen molar-refractivity contribution in [1.82, 2.24) is 25.7 Å². The van der Waals surface area contributed by atoms with Crippen LogP contribution in [0.25, 0.3) is 5.69 Å². The smallest absolute Gasteiger partial charge is 0.251 e. The number of aliphatic imine (C=N–C) groups is 1. The van der Waals surface area contributed by atoms with Gasteiger partial charge in [-0.1, -0.05) is 37.6 Å². The minimum Gasteiger partial charge on any atom is -0.356 e. The highest BCUT2D eigenvalue weighted by Crippen LogP contribution is 2.09. The molecule has 0 atom stereocenters. The minimum atomic E-state index is -0.0203. The van der Waals surface area contributed by atoms with Crippen molar-refractivity contribution in [3.8, 4) is 5.69 Å². The van der Waals surface area contributed by atoms with Crippen LogP contribution in [-0.4, -0.2) is 41.8 Å². The fraction of sp³-hybridized carbons (Fsp3) is 0.320. The molecule has 0 aliphatic heterocycles. The van der Waals surface area contributed by atoms with E-state index in [1.54, 1.807) is 13.2 Å². The van der Waals surface area contributed by atoms with E-state index in [1.807, 2.05) is 41.2 Å². The number of nitrogens with one attached hydrogen (secondary N) is 3. The van der Waals surface area contributed by atoms with Crippen LogP contribution in [0.5, 0.6) is 0 Å². The summed E-state index contributed by atoms with van der Waals surface area (Å²) < 4.78 is 1.85. The molecular weight excluding hydrogens is 527 g/mol. The number of carbonyl (C=O) groups excluding carboxylic acids is 1. The number of hydrogen-bond acceptors (Lipinski definition) is 3. The van der Waals surface area contributed by atoms with Gasteiger partial charge in [0.25, 0.3) is 5.91 Å². The van der Waals surface area contributed by atoms with Crippen LogP contribution in [0.3, 0.4) is 0 Å². The number of rotatable bonds is 10. The molecule has 0 bridgehead atoms. The molecule has 1 heterocycles. The first kappa shape index (κ1) is 26.4. The predicted octanol–water partition coefficient (Wildman–Crippen LogP) is 3.93. The lowest BCUT2D eigenvalue weighted by Crippen LogP contribution is -2.37. The van der Waals surface area contributed by atoms with Crippen molar-refractivity contribution in [1.29, 1.82) is 0 Å². The number of halogens is 1. The zero-order chi connectivity index (χ0) is 22.6. The first-order valence-electron chi connectivity index (χ1n) is 11.1. The largest absolute Gasteiger partial charge is 0.356 e. The number of hydrogen-bond donors (Lipinski definition) is 3. The van der Waals surface area contributed by atoms with E-state index < -0.39 is 0 Å². The molecule has 0 aliphatic carbocycles. The highest BCUT2D eigenvalue weighted by Gasteiger charge is 2.05. The number of amides is 1. The number of guanidine groups is 1. The van der Waals surface area contributed by atoms with Gasteiger partial charge in [-0.15, -0.1) is 24.0 Å². The Hall–Kier alpha value is -2.88. The Balaban J connectivity index is 0.00000385. The number of carbonyl (C=O) groups is 1. The van der Waals surface area contributed by atoms with Crippen LogP contribution in [0, 0.1) is 0 Å². The summed E-state index contributed by atoms with van der Waals surface area (Å²) in [5, 5.41) is 13.8. The molecule has 7 nitrogen and oxygen atoms in total. The van der Waals surface area contributed by atoms with Gasteiger partial charge >= 0.3 is 0 Å². The van der Waals surface area contributed by atoms with Crippen LogP contribution >= 0.6 is 24.0 Å². The van der Waals surface area contributed by atoms with Crippen LogP contribution in [0.15, 0.2) is 72.0 Å². The molecule has 1 amide bonds. The van der Waals surface area contributed by atoms with E-state index in [4.69, 9.17) is 0 Å². The van der Waals surface area contributed by atoms with Gasteiger partial charge in [-0.05, 0) is 54.3 Å². The van der Waals surface area contributed by atoms with Gasteiger partial charge in [0.15, 0.2) is 5.96 Å². The van der Waals surface area contributed by atoms with Crippen LogP contribution in [0.4, 0.5) is 0 Å². The Bertz CT molecular complexity index is 985. The summed E-state index contributed by atoms with van der Waals surface area (Å²) in [5.41, 5.74) is 4.07. The summed E-state index contributed by atoms with van der Waals surface area (Å²) in [7, 11) is 1.76. The highest BCUT2D eigenvalue weighted by molar-refractivity contribution is 14.0. The average molecular weight is 560 g/mol. The number of benzene rings is 2. The van der Waals surface area contributed by atoms with Crippen molar-refractivity contribution in [2.75, 3.05) is 20.1 Å². The zero-order valence-electron chi connectivity index (χ0n) is 19.3. The SMILES string of the molecule is CCCCNC(=O)c1ccc(CNC(=NC)NCCc2ccc(-n3cccn3)cc2)cc1.I. The van der Waals surface area contributed by atoms with Crippen molar-refractivity contribution < 1.29 is 4.79 Å². The van der Waals surface area contributed by atoms with Gasteiger partial charge in [-0.2, -0.15) is 5.10 Å². The van der Waals surface area contributed by atoms with Crippen LogP contribution in [0.1, 0.15) is 41.3 Å². The molecule has 3 N–H and O–H groups in total. The maximum absolute atomic E-state index is 12.1. The van der Waals surface area contributed by atoms with E-state index in [1.165, 1.54) is 5.56 Å². The molecule has 1 aromatic heterocycles. The van der Waals surface area contributed by atoms with Crippen molar-refractivity contribution in [2.45, 2.75) is 32.7 Å². The van der Waals surface area contributed by atoms with Gasteiger partial charge in [-0.25, -0.2) is 4.68 Å². The summed E-state index contributed by atoms with van der Waals surface area (Å²) in [4.78, 5) is 16.4. The third kappa shape index (κ3) is 8.53. The molecular formula is C25H33IN6O. The number of nitrogens with zero attached hydrogens (tertiary/aromatic N) is 3. The third-order valence-corrected chi connectivity index (χ3v) is 5.13. The standard InChI is InChI=1S/C25H32N6O.HI/c1-3-4-15-27-24(32)22-10-6-21(7-11-22)19-29-25(26-2)28-17-14-20-8-12-23(13-9-20)31-18-5-16-30-31;/h5-13,16,18H,3-4,14-15,17,19H2,1-2H3,(H,27,32)(H2,26,28,29);1H. The first-order valence-corrected chi connectivity index (χ1v) is 11.1. The van der Waals surface area contributed by atoms with Crippen molar-refractivity contribution >= 4 is 35.8 Å². The van der Waals surface area contributed by atoms with Crippen LogP contribution in [-0.2, 0) is 13.0 Å². The van der Waals surface area contributed by atoms with Gasteiger partial charge in [0.1, 0.15) is 0 Å². The van der Waals surface area contributed by atoms with Gasteiger partial charge in [0.2, 0.25) is 0 Å². The second-order valence-corrected chi connectivity index (χ2v) is 7.53. The summed E-state index contributed by atoms with van der Waals surface area (Å²) >= 11 is 0. The topological polar surface area (TPSA) is 83.3 Å². The molecule has 0 aliphatic rings. The molecule has 176 valence electrons. The second-order valence-electron chi connectivity index (χ2n) is 7.53. The Morgan fingerprint density at radius 3 is 2.33 bits per heavy atom. The summed E-state index contributed by atoms with van der Waals surface area (Å²) in [5.74, 6) is 0.729. The number of aromatic nitrogens is 2. The Labute approximate surface area is 213 Å². The molecule has 0 saturated carbocycles. The minimum absolute atomic E-state index is 0. The zero-order valence-corrected chi connectivity index (χ0v) is 21.6. The Kier molecular flexibility index (Phi) is 11.4. The molecule has 0 radical (unpaired) electrons. The molecule has 0 saturated heterocycles. The lowest BCUT2D eigenvalue weighted by Gasteiger charge is -2.12. The van der Waals surface area contributed by atoms with Crippen LogP contribution < -0.4 is 16.0 Å². The van der Waals surface area contributed by atoms with Crippen molar-refractivity contribution in [2.24, 2.45) is 4.99 Å². The van der Waals surface area contributed by atoms with E-state index in [2.05, 4.69) is 57.2 Å². The third-order valence-electron chi connectivity index (χ3n) is 5.13. The fourth-order valence-electron chi connectivity index (χ4n) is 3.22. The summed E-state index contributed by atoms with van der Waals surface area (Å²) in [6.45, 7) is 4.24. The van der Waals surface area contributed by atoms with Gasteiger partial charge < -0.3 is 16.0 Å². The predicted molar refractivity (Wildman–Crippen MR) is 145 cm³/mol. The van der Waals surface area contributed by atoms with E-state index in [0.29, 0.717) is 12.1 Å². The second kappa shape index (κ2) is 14.3. The summed E-state index contributed by atoms with van der Waals surface area (Å²) in [6.07, 6.45) is 6.66. The molecule has 3 aromatic rings. The van der Waals surface area contributed by atoms with E-state index in [-0.39, 0.29) is 29.9 Å². The maximum Gasteiger partial charge on any atom is 0.251 e. The van der Waals surface area contributed by atoms with Gasteiger partial charge in [0.05, 0.1) is 5.69 Å². The van der Waals surface area contributed by atoms with Gasteiger partial charge in [-0.3, -0.25) is 9.79 Å². The van der Waals surface area contributed by atoms with E-state index >= 15 is 0 Å². The monoisotopic (exact) mass is 560 g/mol. The molecule has 2 aromatic carbocycles. The van der Waals surface area contributed by atoms with E-state index in [0.717, 1.165) is 49.6 Å². The Morgan fingerprint density at radius 1 is 0.970 bits per heavy atom. The molecule has 0 spiro atoms. The normalized spacial score (nSPS) is 10.9. The van der Waals surface area contributed by atoms with E-state index in [9.17, 15) is 4.79 Å². The van der Waals surface area contributed by atoms with Crippen molar-refractivity contribution in [3.05, 3.63) is 83.7 Å². The molecule has 3 rings (SSSR count). The first-order chi connectivity index (χ1) is 15.7. The summed E-state index contributed by atoms with van der Waals surface area (Å²) in [6, 6.07) is 18.0. The molecule has 0 unspecified atom stereocenters. The van der Waals surface area contributed by atoms with Crippen LogP contribution in [0.2, 0.25) is 0 Å². The lowest BCUT2D eigenvalue weighted by atomic mass is 10.1. The number of unbranched alkanes of at least 4 members (excludes halogenated alkanes) is 1. The lowest BCUT2D eigenvalue weighted by molar-refractivity contribution is 0.0953. The quantitative estimate of drug-likeness (QED) is 0.152. The van der Waals surface area contributed by atoms with Gasteiger partial charge in [0, 0.05) is 44.6 Å². The Morgan fingerprint density at radius 2 is 1.70 bits per heavy atom. The molecule has 8 heteroatoms.